The minimum absolute atomic E-state index is 0.0360. The molecule has 0 aliphatic heterocycles. The van der Waals surface area contributed by atoms with Crippen LogP contribution in [-0.2, 0) is 22.9 Å². The maximum absolute atomic E-state index is 11.8. The smallest absolute Gasteiger partial charge is 0.225 e. The third-order valence-corrected chi connectivity index (χ3v) is 4.12. The van der Waals surface area contributed by atoms with E-state index in [2.05, 4.69) is 19.9 Å². The van der Waals surface area contributed by atoms with Crippen molar-refractivity contribution >= 4 is 10.0 Å². The summed E-state index contributed by atoms with van der Waals surface area (Å²) in [5, 5.41) is 14.3. The average Bonchev–Trinajstić information content (AvgIpc) is 2.28. The van der Waals surface area contributed by atoms with Gasteiger partial charge in [0.15, 0.2) is 0 Å². The van der Waals surface area contributed by atoms with Gasteiger partial charge in [-0.2, -0.15) is 5.26 Å². The predicted molar refractivity (Wildman–Crippen MR) is 79.8 cm³/mol. The molecule has 0 saturated heterocycles. The summed E-state index contributed by atoms with van der Waals surface area (Å²) >= 11 is 0. The first-order valence-electron chi connectivity index (χ1n) is 6.72. The molecule has 0 saturated carbocycles. The topological polar surface area (TPSA) is 84.0 Å². The molecule has 0 spiro atoms. The summed E-state index contributed by atoms with van der Waals surface area (Å²) in [6, 6.07) is 5.62. The van der Waals surface area contributed by atoms with Gasteiger partial charge in [0.25, 0.3) is 0 Å². The minimum Gasteiger partial charge on any atom is -0.225 e. The zero-order valence-corrected chi connectivity index (χ0v) is 13.3. The van der Waals surface area contributed by atoms with E-state index in [9.17, 15) is 8.42 Å². The van der Waals surface area contributed by atoms with E-state index < -0.39 is 10.0 Å². The third-order valence-electron chi connectivity index (χ3n) is 3.16. The Balaban J connectivity index is 3.56. The summed E-state index contributed by atoms with van der Waals surface area (Å²) in [5.41, 5.74) is 2.48. The lowest BCUT2D eigenvalue weighted by molar-refractivity contribution is 0.594. The van der Waals surface area contributed by atoms with E-state index in [0.717, 1.165) is 17.5 Å². The van der Waals surface area contributed by atoms with Gasteiger partial charge in [-0.1, -0.05) is 33.8 Å². The van der Waals surface area contributed by atoms with Crippen LogP contribution < -0.4 is 5.14 Å². The standard InChI is InChI=1S/C15H22N2O2S/c1-10(2)7-13-9-15(20(17,18)19)14(11(3)4)8-12(13)5-6-16/h8-11H,5,7H2,1-4H3,(H2,17,18,19). The summed E-state index contributed by atoms with van der Waals surface area (Å²) < 4.78 is 23.6. The molecular weight excluding hydrogens is 272 g/mol. The van der Waals surface area contributed by atoms with Crippen molar-refractivity contribution in [1.82, 2.24) is 0 Å². The highest BCUT2D eigenvalue weighted by molar-refractivity contribution is 7.89. The Hall–Kier alpha value is -1.38. The normalized spacial score (nSPS) is 11.9. The number of rotatable bonds is 5. The fourth-order valence-corrected chi connectivity index (χ4v) is 3.19. The van der Waals surface area contributed by atoms with Gasteiger partial charge in [-0.3, -0.25) is 0 Å². The van der Waals surface area contributed by atoms with Crippen molar-refractivity contribution in [2.45, 2.75) is 51.3 Å². The second-order valence-electron chi connectivity index (χ2n) is 5.79. The van der Waals surface area contributed by atoms with Crippen molar-refractivity contribution in [3.8, 4) is 6.07 Å². The second-order valence-corrected chi connectivity index (χ2v) is 7.32. The van der Waals surface area contributed by atoms with Gasteiger partial charge >= 0.3 is 0 Å². The molecule has 0 atom stereocenters. The maximum atomic E-state index is 11.8. The molecule has 0 amide bonds. The average molecular weight is 294 g/mol. The highest BCUT2D eigenvalue weighted by Crippen LogP contribution is 2.28. The van der Waals surface area contributed by atoms with Gasteiger partial charge in [0.05, 0.1) is 17.4 Å². The van der Waals surface area contributed by atoms with Crippen LogP contribution >= 0.6 is 0 Å². The molecule has 5 heteroatoms. The number of nitrogens with zero attached hydrogens (tertiary/aromatic N) is 1. The van der Waals surface area contributed by atoms with E-state index in [-0.39, 0.29) is 17.2 Å². The summed E-state index contributed by atoms with van der Waals surface area (Å²) in [6.07, 6.45) is 1.02. The number of primary sulfonamides is 1. The van der Waals surface area contributed by atoms with Gasteiger partial charge in [-0.25, -0.2) is 13.6 Å². The lowest BCUT2D eigenvalue weighted by Crippen LogP contribution is -2.17. The van der Waals surface area contributed by atoms with Crippen LogP contribution in [0, 0.1) is 17.2 Å². The minimum atomic E-state index is -3.75. The molecule has 0 fully saturated rings. The largest absolute Gasteiger partial charge is 0.238 e. The van der Waals surface area contributed by atoms with Gasteiger partial charge in [0.2, 0.25) is 10.0 Å². The van der Waals surface area contributed by atoms with Crippen molar-refractivity contribution in [3.63, 3.8) is 0 Å². The fourth-order valence-electron chi connectivity index (χ4n) is 2.26. The van der Waals surface area contributed by atoms with Crippen LogP contribution in [0.5, 0.6) is 0 Å². The molecule has 0 aliphatic carbocycles. The molecule has 1 rings (SSSR count). The molecule has 1 aromatic rings. The zero-order valence-electron chi connectivity index (χ0n) is 12.5. The van der Waals surface area contributed by atoms with Crippen LogP contribution in [0.25, 0.3) is 0 Å². The van der Waals surface area contributed by atoms with Gasteiger partial charge in [-0.05, 0) is 41.0 Å². The number of nitrogens with two attached hydrogens (primary N) is 1. The number of benzene rings is 1. The summed E-state index contributed by atoms with van der Waals surface area (Å²) in [6.45, 7) is 7.96. The monoisotopic (exact) mass is 294 g/mol. The number of hydrogen-bond acceptors (Lipinski definition) is 3. The van der Waals surface area contributed by atoms with E-state index in [1.54, 1.807) is 6.07 Å². The molecule has 0 bridgehead atoms. The van der Waals surface area contributed by atoms with Crippen molar-refractivity contribution in [1.29, 1.82) is 5.26 Å². The second kappa shape index (κ2) is 6.38. The molecule has 0 aromatic heterocycles. The summed E-state index contributed by atoms with van der Waals surface area (Å²) in [7, 11) is -3.75. The number of sulfonamides is 1. The molecule has 0 radical (unpaired) electrons. The van der Waals surface area contributed by atoms with E-state index in [4.69, 9.17) is 10.4 Å². The van der Waals surface area contributed by atoms with Gasteiger partial charge in [0.1, 0.15) is 0 Å². The van der Waals surface area contributed by atoms with Crippen LogP contribution in [0.2, 0.25) is 0 Å². The Bertz CT molecular complexity index is 626. The SMILES string of the molecule is CC(C)Cc1cc(S(N)(=O)=O)c(C(C)C)cc1CC#N. The van der Waals surface area contributed by atoms with Crippen LogP contribution in [0.4, 0.5) is 0 Å². The first-order chi connectivity index (χ1) is 9.16. The Morgan fingerprint density at radius 3 is 2.20 bits per heavy atom. The molecule has 20 heavy (non-hydrogen) atoms. The summed E-state index contributed by atoms with van der Waals surface area (Å²) in [5.74, 6) is 0.416. The van der Waals surface area contributed by atoms with Crippen molar-refractivity contribution in [2.24, 2.45) is 11.1 Å². The Morgan fingerprint density at radius 2 is 1.80 bits per heavy atom. The lowest BCUT2D eigenvalue weighted by Gasteiger charge is -2.17. The van der Waals surface area contributed by atoms with Crippen LogP contribution in [0.1, 0.15) is 50.3 Å². The maximum Gasteiger partial charge on any atom is 0.238 e. The fraction of sp³-hybridized carbons (Fsp3) is 0.533. The van der Waals surface area contributed by atoms with E-state index >= 15 is 0 Å². The predicted octanol–water partition coefficient (Wildman–Crippen LogP) is 2.72. The third kappa shape index (κ3) is 4.06. The number of nitriles is 1. The van der Waals surface area contributed by atoms with Gasteiger partial charge < -0.3 is 0 Å². The van der Waals surface area contributed by atoms with Gasteiger partial charge in [0, 0.05) is 0 Å². The Morgan fingerprint density at radius 1 is 1.20 bits per heavy atom. The van der Waals surface area contributed by atoms with Crippen LogP contribution in [0.15, 0.2) is 17.0 Å². The molecule has 0 aliphatic rings. The molecule has 2 N–H and O–H groups in total. The molecule has 1 aromatic carbocycles. The molecular formula is C15H22N2O2S. The lowest BCUT2D eigenvalue weighted by atomic mass is 9.92. The Kier molecular flexibility index (Phi) is 5.32. The van der Waals surface area contributed by atoms with Gasteiger partial charge in [-0.15, -0.1) is 0 Å². The first-order valence-corrected chi connectivity index (χ1v) is 8.26. The first kappa shape index (κ1) is 16.7. The van der Waals surface area contributed by atoms with Crippen LogP contribution in [-0.4, -0.2) is 8.42 Å². The van der Waals surface area contributed by atoms with Crippen molar-refractivity contribution < 1.29 is 8.42 Å². The quantitative estimate of drug-likeness (QED) is 0.906. The van der Waals surface area contributed by atoms with Crippen LogP contribution in [0.3, 0.4) is 0 Å². The van der Waals surface area contributed by atoms with E-state index in [1.165, 1.54) is 0 Å². The van der Waals surface area contributed by atoms with Crippen molar-refractivity contribution in [3.05, 3.63) is 28.8 Å². The molecule has 0 heterocycles. The Labute approximate surface area is 121 Å². The summed E-state index contributed by atoms with van der Waals surface area (Å²) in [4.78, 5) is 0.185. The molecule has 4 nitrogen and oxygen atoms in total. The van der Waals surface area contributed by atoms with E-state index in [1.807, 2.05) is 19.9 Å². The highest BCUT2D eigenvalue weighted by atomic mass is 32.2. The molecule has 0 unspecified atom stereocenters. The number of hydrogen-bond donors (Lipinski definition) is 1. The highest BCUT2D eigenvalue weighted by Gasteiger charge is 2.20. The molecule has 110 valence electrons. The van der Waals surface area contributed by atoms with E-state index in [0.29, 0.717) is 11.5 Å². The zero-order chi connectivity index (χ0) is 15.5. The van der Waals surface area contributed by atoms with Crippen molar-refractivity contribution in [2.75, 3.05) is 0 Å².